The topological polar surface area (TPSA) is 166 Å². The van der Waals surface area contributed by atoms with E-state index in [4.69, 9.17) is 11.6 Å². The minimum Gasteiger partial charge on any atom is -0.504 e. The van der Waals surface area contributed by atoms with Crippen LogP contribution in [-0.2, 0) is 24.3 Å². The average Bonchev–Trinajstić information content (AvgIpc) is 3.70. The Balaban J connectivity index is 1.31. The molecule has 49 heavy (non-hydrogen) atoms. The van der Waals surface area contributed by atoms with Crippen LogP contribution in [0.2, 0.25) is 5.02 Å². The average molecular weight is 704 g/mol. The Morgan fingerprint density at radius 1 is 1.12 bits per heavy atom. The number of aromatic hydroxyl groups is 1. The highest BCUT2D eigenvalue weighted by Gasteiger charge is 2.29. The van der Waals surface area contributed by atoms with Crippen LogP contribution in [0.5, 0.6) is 5.75 Å². The number of benzene rings is 1. The lowest BCUT2D eigenvalue weighted by atomic mass is 10.0. The Labute approximate surface area is 282 Å². The molecule has 1 fully saturated rings. The number of phenols is 1. The summed E-state index contributed by atoms with van der Waals surface area (Å²) in [7, 11) is 0. The van der Waals surface area contributed by atoms with Gasteiger partial charge in [-0.1, -0.05) is 11.6 Å². The molecule has 1 aromatic carbocycles. The highest BCUT2D eigenvalue weighted by Crippen LogP contribution is 2.36. The van der Waals surface area contributed by atoms with E-state index in [0.717, 1.165) is 6.07 Å². The lowest BCUT2D eigenvalue weighted by Crippen LogP contribution is -2.53. The number of aromatic nitrogens is 4. The van der Waals surface area contributed by atoms with E-state index in [2.05, 4.69) is 20.2 Å². The fourth-order valence-corrected chi connectivity index (χ4v) is 6.66. The van der Waals surface area contributed by atoms with Crippen molar-refractivity contribution in [2.75, 3.05) is 49.6 Å². The number of phenolic OH excluding ortho intramolecular Hbond substituents is 1. The van der Waals surface area contributed by atoms with Gasteiger partial charge in [0.25, 0.3) is 5.56 Å². The SMILES string of the molecule is CC1CN(CC(CO)CO)CCN1c1cc(NC(=O)Cn2cc(-c3cc(C=O)c(O)c(F)c3F)c3c(=O)n4c(nc32)CCC4)c(Cl)c(F)n1. The molecule has 260 valence electrons. The number of carbonyl (C=O) groups excluding carboxylic acids is 2. The van der Waals surface area contributed by atoms with Gasteiger partial charge >= 0.3 is 0 Å². The summed E-state index contributed by atoms with van der Waals surface area (Å²) in [4.78, 5) is 51.0. The molecule has 2 aliphatic heterocycles. The van der Waals surface area contributed by atoms with Crippen LogP contribution < -0.4 is 15.8 Å². The number of rotatable bonds is 10. The Morgan fingerprint density at radius 2 is 1.88 bits per heavy atom. The van der Waals surface area contributed by atoms with Gasteiger partial charge in [0.2, 0.25) is 17.7 Å². The van der Waals surface area contributed by atoms with Crippen LogP contribution in [0, 0.1) is 23.5 Å². The molecule has 0 saturated carbocycles. The number of aliphatic hydroxyl groups excluding tert-OH is 2. The van der Waals surface area contributed by atoms with Crippen molar-refractivity contribution in [3.05, 3.63) is 62.7 Å². The van der Waals surface area contributed by atoms with Crippen LogP contribution in [0.3, 0.4) is 0 Å². The summed E-state index contributed by atoms with van der Waals surface area (Å²) in [5.41, 5.74) is -1.78. The maximum absolute atomic E-state index is 15.2. The molecule has 1 saturated heterocycles. The molecule has 1 atom stereocenters. The van der Waals surface area contributed by atoms with Gasteiger partial charge in [-0.3, -0.25) is 23.9 Å². The van der Waals surface area contributed by atoms with Gasteiger partial charge in [-0.25, -0.2) is 14.4 Å². The van der Waals surface area contributed by atoms with E-state index >= 15 is 8.78 Å². The summed E-state index contributed by atoms with van der Waals surface area (Å²) in [5.74, 6) is -5.70. The Morgan fingerprint density at radius 3 is 2.57 bits per heavy atom. The van der Waals surface area contributed by atoms with E-state index in [9.17, 15) is 34.1 Å². The number of nitrogens with zero attached hydrogens (tertiary/aromatic N) is 6. The van der Waals surface area contributed by atoms with Crippen LogP contribution in [-0.4, -0.2) is 96.9 Å². The predicted molar refractivity (Wildman–Crippen MR) is 173 cm³/mol. The molecule has 17 heteroatoms. The summed E-state index contributed by atoms with van der Waals surface area (Å²) in [6.07, 6.45) is 2.47. The first-order chi connectivity index (χ1) is 23.4. The zero-order valence-electron chi connectivity index (χ0n) is 26.3. The van der Waals surface area contributed by atoms with E-state index in [1.54, 1.807) is 0 Å². The van der Waals surface area contributed by atoms with Gasteiger partial charge in [0, 0.05) is 87.7 Å². The number of hydrogen-bond acceptors (Lipinski definition) is 10. The second kappa shape index (κ2) is 13.8. The van der Waals surface area contributed by atoms with Crippen molar-refractivity contribution in [3.63, 3.8) is 0 Å². The molecule has 1 unspecified atom stereocenters. The van der Waals surface area contributed by atoms with Crippen LogP contribution in [0.1, 0.15) is 29.5 Å². The first-order valence-electron chi connectivity index (χ1n) is 15.6. The Hall–Kier alpha value is -4.51. The van der Waals surface area contributed by atoms with Crippen molar-refractivity contribution in [2.24, 2.45) is 5.92 Å². The molecule has 0 radical (unpaired) electrons. The molecule has 1 amide bonds. The number of nitrogens with one attached hydrogen (secondary N) is 1. The molecule has 0 bridgehead atoms. The van der Waals surface area contributed by atoms with Crippen molar-refractivity contribution >= 4 is 46.3 Å². The first kappa shape index (κ1) is 34.4. The van der Waals surface area contributed by atoms with Crippen molar-refractivity contribution in [1.82, 2.24) is 24.0 Å². The van der Waals surface area contributed by atoms with E-state index in [1.807, 2.05) is 11.8 Å². The molecule has 6 rings (SSSR count). The van der Waals surface area contributed by atoms with Crippen molar-refractivity contribution in [2.45, 2.75) is 38.9 Å². The molecule has 4 N–H and O–H groups in total. The second-order valence-electron chi connectivity index (χ2n) is 12.3. The number of halogens is 4. The highest BCUT2D eigenvalue weighted by molar-refractivity contribution is 6.33. The second-order valence-corrected chi connectivity index (χ2v) is 12.7. The van der Waals surface area contributed by atoms with Gasteiger partial charge in [0.15, 0.2) is 17.9 Å². The normalized spacial score (nSPS) is 16.5. The van der Waals surface area contributed by atoms with Gasteiger partial charge in [0.05, 0.1) is 16.6 Å². The monoisotopic (exact) mass is 703 g/mol. The molecule has 13 nitrogen and oxygen atoms in total. The van der Waals surface area contributed by atoms with E-state index in [1.165, 1.54) is 21.4 Å². The quantitative estimate of drug-likeness (QED) is 0.143. The molecule has 0 spiro atoms. The molecular formula is C32H33ClF3N7O6. The molecule has 0 aliphatic carbocycles. The fourth-order valence-electron chi connectivity index (χ4n) is 6.52. The summed E-state index contributed by atoms with van der Waals surface area (Å²) in [5, 5.41) is 30.8. The van der Waals surface area contributed by atoms with Crippen LogP contribution in [0.4, 0.5) is 24.7 Å². The summed E-state index contributed by atoms with van der Waals surface area (Å²) >= 11 is 6.22. The molecule has 2 aliphatic rings. The van der Waals surface area contributed by atoms with Gasteiger partial charge in [-0.15, -0.1) is 0 Å². The van der Waals surface area contributed by atoms with E-state index in [0.29, 0.717) is 51.4 Å². The van der Waals surface area contributed by atoms with Gasteiger partial charge < -0.3 is 30.1 Å². The molecule has 5 heterocycles. The number of aliphatic hydroxyl groups is 2. The number of pyridine rings is 1. The van der Waals surface area contributed by atoms with E-state index < -0.39 is 57.5 Å². The number of aryl methyl sites for hydroxylation is 1. The van der Waals surface area contributed by atoms with Crippen LogP contribution >= 0.6 is 11.6 Å². The number of hydrogen-bond donors (Lipinski definition) is 4. The maximum atomic E-state index is 15.2. The maximum Gasteiger partial charge on any atom is 0.263 e. The number of fused-ring (bicyclic) bond motifs is 2. The smallest absolute Gasteiger partial charge is 0.263 e. The van der Waals surface area contributed by atoms with Gasteiger partial charge in [-0.05, 0) is 19.4 Å². The molecule has 3 aromatic heterocycles. The Kier molecular flexibility index (Phi) is 9.66. The Bertz CT molecular complexity index is 2020. The van der Waals surface area contributed by atoms with Crippen LogP contribution in [0.15, 0.2) is 23.1 Å². The van der Waals surface area contributed by atoms with Crippen molar-refractivity contribution < 1.29 is 38.1 Å². The van der Waals surface area contributed by atoms with Crippen molar-refractivity contribution in [1.29, 1.82) is 0 Å². The molecule has 4 aromatic rings. The lowest BCUT2D eigenvalue weighted by molar-refractivity contribution is -0.116. The first-order valence-corrected chi connectivity index (χ1v) is 16.0. The van der Waals surface area contributed by atoms with Gasteiger partial charge in [0.1, 0.15) is 28.9 Å². The number of piperazine rings is 1. The fraction of sp³-hybridized carbons (Fsp3) is 0.406. The van der Waals surface area contributed by atoms with Crippen LogP contribution in [0.25, 0.3) is 22.2 Å². The zero-order chi connectivity index (χ0) is 35.1. The standard InChI is InChI=1S/C32H33ClF3N7O6/c1-16-9-40(10-17(13-44)14-45)5-6-42(16)23-8-21(26(33)30(36)38-23)37-24(47)12-41-11-20(19-7-18(15-46)29(48)28(35)27(19)34)25-31(41)39-22-3-2-4-43(22)32(25)49/h7-8,11,15-17,44-45,48H,2-6,9-10,12-14H2,1H3,(H,37,38,47). The zero-order valence-corrected chi connectivity index (χ0v) is 27.1. The third kappa shape index (κ3) is 6.36. The highest BCUT2D eigenvalue weighted by atomic mass is 35.5. The lowest BCUT2D eigenvalue weighted by Gasteiger charge is -2.41. The minimum absolute atomic E-state index is 0.00728. The number of anilines is 2. The third-order valence-corrected chi connectivity index (χ3v) is 9.36. The number of carbonyl (C=O) groups is 2. The summed E-state index contributed by atoms with van der Waals surface area (Å²) in [6, 6.07) is 2.20. The predicted octanol–water partition coefficient (Wildman–Crippen LogP) is 2.55. The number of aldehydes is 1. The van der Waals surface area contributed by atoms with Gasteiger partial charge in [-0.2, -0.15) is 8.78 Å². The summed E-state index contributed by atoms with van der Waals surface area (Å²) < 4.78 is 47.6. The molecular weight excluding hydrogens is 671 g/mol. The number of amides is 1. The third-order valence-electron chi connectivity index (χ3n) is 9.00. The summed E-state index contributed by atoms with van der Waals surface area (Å²) in [6.45, 7) is 3.48. The largest absolute Gasteiger partial charge is 0.504 e. The minimum atomic E-state index is -1.67. The van der Waals surface area contributed by atoms with E-state index in [-0.39, 0.29) is 59.6 Å². The van der Waals surface area contributed by atoms with Crippen molar-refractivity contribution in [3.8, 4) is 16.9 Å².